The molecule has 0 spiro atoms. The molecule has 1 atom stereocenters. The molecular weight excluding hydrogens is 278 g/mol. The summed E-state index contributed by atoms with van der Waals surface area (Å²) in [5.41, 5.74) is 0.918. The van der Waals surface area contributed by atoms with E-state index in [4.69, 9.17) is 11.6 Å². The van der Waals surface area contributed by atoms with Crippen LogP contribution in [0.3, 0.4) is 0 Å². The molecule has 6 heteroatoms. The molecule has 1 saturated heterocycles. The summed E-state index contributed by atoms with van der Waals surface area (Å²) in [6, 6.07) is 3.48. The van der Waals surface area contributed by atoms with E-state index in [2.05, 4.69) is 10.3 Å². The quantitative estimate of drug-likeness (QED) is 0.839. The van der Waals surface area contributed by atoms with Gasteiger partial charge in [0, 0.05) is 25.8 Å². The first-order valence-corrected chi connectivity index (χ1v) is 7.25. The van der Waals surface area contributed by atoms with Crippen LogP contribution in [-0.4, -0.2) is 40.2 Å². The van der Waals surface area contributed by atoms with E-state index < -0.39 is 0 Å². The number of amides is 2. The molecule has 2 amide bonds. The highest BCUT2D eigenvalue weighted by molar-refractivity contribution is 6.29. The summed E-state index contributed by atoms with van der Waals surface area (Å²) in [5.74, 6) is 0.305. The number of nitrogens with zero attached hydrogens (tertiary/aromatic N) is 2. The maximum Gasteiger partial charge on any atom is 0.317 e. The van der Waals surface area contributed by atoms with E-state index in [9.17, 15) is 9.90 Å². The van der Waals surface area contributed by atoms with Crippen LogP contribution >= 0.6 is 11.6 Å². The third-order valence-electron chi connectivity index (χ3n) is 3.74. The van der Waals surface area contributed by atoms with Gasteiger partial charge < -0.3 is 15.3 Å². The van der Waals surface area contributed by atoms with Crippen molar-refractivity contribution in [2.45, 2.75) is 32.4 Å². The number of urea groups is 1. The minimum atomic E-state index is -0.291. The zero-order valence-corrected chi connectivity index (χ0v) is 12.3. The molecule has 1 fully saturated rings. The molecule has 0 aliphatic carbocycles. The lowest BCUT2D eigenvalue weighted by Gasteiger charge is -2.33. The van der Waals surface area contributed by atoms with Crippen LogP contribution in [0.1, 0.15) is 25.3 Å². The van der Waals surface area contributed by atoms with Gasteiger partial charge in [0.2, 0.25) is 0 Å². The Bertz CT molecular complexity index is 442. The smallest absolute Gasteiger partial charge is 0.317 e. The van der Waals surface area contributed by atoms with Gasteiger partial charge in [0.15, 0.2) is 0 Å². The monoisotopic (exact) mass is 297 g/mol. The lowest BCUT2D eigenvalue weighted by Crippen LogP contribution is -2.45. The molecule has 1 aromatic heterocycles. The van der Waals surface area contributed by atoms with E-state index >= 15 is 0 Å². The van der Waals surface area contributed by atoms with Crippen LogP contribution in [-0.2, 0) is 6.54 Å². The standard InChI is InChI=1S/C14H20ClN3O2/c1-10(19)12-4-6-18(7-5-12)14(20)17-9-11-2-3-13(15)16-8-11/h2-3,8,10,12,19H,4-7,9H2,1H3,(H,17,20). The van der Waals surface area contributed by atoms with Crippen molar-refractivity contribution in [2.75, 3.05) is 13.1 Å². The maximum atomic E-state index is 12.0. The van der Waals surface area contributed by atoms with Crippen molar-refractivity contribution in [3.05, 3.63) is 29.0 Å². The van der Waals surface area contributed by atoms with Crippen LogP contribution in [0.2, 0.25) is 5.15 Å². The fourth-order valence-corrected chi connectivity index (χ4v) is 2.50. The number of rotatable bonds is 3. The fraction of sp³-hybridized carbons (Fsp3) is 0.571. The summed E-state index contributed by atoms with van der Waals surface area (Å²) in [4.78, 5) is 17.8. The number of piperidine rings is 1. The number of likely N-dealkylation sites (tertiary alicyclic amines) is 1. The number of aliphatic hydroxyl groups excluding tert-OH is 1. The van der Waals surface area contributed by atoms with Crippen molar-refractivity contribution in [2.24, 2.45) is 5.92 Å². The fourth-order valence-electron chi connectivity index (χ4n) is 2.39. The molecule has 5 nitrogen and oxygen atoms in total. The Morgan fingerprint density at radius 1 is 1.55 bits per heavy atom. The number of carbonyl (C=O) groups excluding carboxylic acids is 1. The van der Waals surface area contributed by atoms with Gasteiger partial charge in [-0.3, -0.25) is 0 Å². The van der Waals surface area contributed by atoms with Crippen molar-refractivity contribution < 1.29 is 9.90 Å². The van der Waals surface area contributed by atoms with E-state index in [1.807, 2.05) is 13.0 Å². The van der Waals surface area contributed by atoms with Crippen LogP contribution < -0.4 is 5.32 Å². The van der Waals surface area contributed by atoms with Gasteiger partial charge in [-0.2, -0.15) is 0 Å². The Morgan fingerprint density at radius 2 is 2.25 bits per heavy atom. The molecule has 2 rings (SSSR count). The second kappa shape index (κ2) is 6.90. The molecule has 20 heavy (non-hydrogen) atoms. The van der Waals surface area contributed by atoms with Gasteiger partial charge in [-0.1, -0.05) is 17.7 Å². The van der Waals surface area contributed by atoms with Crippen LogP contribution in [0, 0.1) is 5.92 Å². The summed E-state index contributed by atoms with van der Waals surface area (Å²) in [7, 11) is 0. The van der Waals surface area contributed by atoms with Crippen LogP contribution in [0.4, 0.5) is 4.79 Å². The van der Waals surface area contributed by atoms with Crippen molar-refractivity contribution in [1.29, 1.82) is 0 Å². The summed E-state index contributed by atoms with van der Waals surface area (Å²) >= 11 is 5.71. The molecule has 0 saturated carbocycles. The van der Waals surface area contributed by atoms with E-state index in [-0.39, 0.29) is 12.1 Å². The Kier molecular flexibility index (Phi) is 5.20. The zero-order chi connectivity index (χ0) is 14.5. The number of aliphatic hydroxyl groups is 1. The predicted molar refractivity (Wildman–Crippen MR) is 77.5 cm³/mol. The van der Waals surface area contributed by atoms with Gasteiger partial charge in [0.1, 0.15) is 5.15 Å². The van der Waals surface area contributed by atoms with Gasteiger partial charge in [-0.25, -0.2) is 9.78 Å². The highest BCUT2D eigenvalue weighted by Gasteiger charge is 2.25. The first kappa shape index (κ1) is 15.1. The number of nitrogens with one attached hydrogen (secondary N) is 1. The van der Waals surface area contributed by atoms with Gasteiger partial charge in [0.25, 0.3) is 0 Å². The molecule has 110 valence electrons. The van der Waals surface area contributed by atoms with E-state index in [0.717, 1.165) is 18.4 Å². The maximum absolute atomic E-state index is 12.0. The normalized spacial score (nSPS) is 17.9. The van der Waals surface area contributed by atoms with E-state index in [1.54, 1.807) is 17.2 Å². The zero-order valence-electron chi connectivity index (χ0n) is 11.6. The third kappa shape index (κ3) is 4.08. The van der Waals surface area contributed by atoms with Gasteiger partial charge in [0.05, 0.1) is 6.10 Å². The lowest BCUT2D eigenvalue weighted by atomic mass is 9.92. The summed E-state index contributed by atoms with van der Waals surface area (Å²) in [6.07, 6.45) is 3.07. The Labute approximate surface area is 123 Å². The SMILES string of the molecule is CC(O)C1CCN(C(=O)NCc2ccc(Cl)nc2)CC1. The Hall–Kier alpha value is -1.33. The topological polar surface area (TPSA) is 65.5 Å². The van der Waals surface area contributed by atoms with E-state index in [0.29, 0.717) is 30.7 Å². The molecule has 1 unspecified atom stereocenters. The van der Waals surface area contributed by atoms with Crippen molar-refractivity contribution in [1.82, 2.24) is 15.2 Å². The molecule has 1 aromatic rings. The number of aromatic nitrogens is 1. The van der Waals surface area contributed by atoms with Crippen LogP contribution in [0.5, 0.6) is 0 Å². The molecule has 2 heterocycles. The van der Waals surface area contributed by atoms with Crippen molar-refractivity contribution in [3.8, 4) is 0 Å². The van der Waals surface area contributed by atoms with Crippen molar-refractivity contribution >= 4 is 17.6 Å². The first-order valence-electron chi connectivity index (χ1n) is 6.87. The predicted octanol–water partition coefficient (Wildman–Crippen LogP) is 2.04. The summed E-state index contributed by atoms with van der Waals surface area (Å²) in [5, 5.41) is 12.9. The first-order chi connectivity index (χ1) is 9.56. The number of hydrogen-bond donors (Lipinski definition) is 2. The van der Waals surface area contributed by atoms with Gasteiger partial charge in [-0.05, 0) is 37.3 Å². The average molecular weight is 298 g/mol. The molecule has 1 aliphatic heterocycles. The highest BCUT2D eigenvalue weighted by atomic mass is 35.5. The summed E-state index contributed by atoms with van der Waals surface area (Å²) in [6.45, 7) is 3.65. The molecular formula is C14H20ClN3O2. The third-order valence-corrected chi connectivity index (χ3v) is 3.97. The van der Waals surface area contributed by atoms with Crippen molar-refractivity contribution in [3.63, 3.8) is 0 Å². The molecule has 0 radical (unpaired) electrons. The lowest BCUT2D eigenvalue weighted by molar-refractivity contribution is 0.0798. The van der Waals surface area contributed by atoms with E-state index in [1.165, 1.54) is 0 Å². The second-order valence-corrected chi connectivity index (χ2v) is 5.60. The largest absolute Gasteiger partial charge is 0.393 e. The van der Waals surface area contributed by atoms with Crippen LogP contribution in [0.25, 0.3) is 0 Å². The van der Waals surface area contributed by atoms with Crippen LogP contribution in [0.15, 0.2) is 18.3 Å². The minimum Gasteiger partial charge on any atom is -0.393 e. The minimum absolute atomic E-state index is 0.0657. The summed E-state index contributed by atoms with van der Waals surface area (Å²) < 4.78 is 0. The van der Waals surface area contributed by atoms with Gasteiger partial charge in [-0.15, -0.1) is 0 Å². The number of pyridine rings is 1. The number of hydrogen-bond acceptors (Lipinski definition) is 3. The molecule has 0 bridgehead atoms. The average Bonchev–Trinajstić information content (AvgIpc) is 2.46. The Morgan fingerprint density at radius 3 is 2.80 bits per heavy atom. The second-order valence-electron chi connectivity index (χ2n) is 5.21. The molecule has 0 aromatic carbocycles. The number of carbonyl (C=O) groups is 1. The molecule has 1 aliphatic rings. The number of halogens is 1. The Balaban J connectivity index is 1.77. The molecule has 2 N–H and O–H groups in total. The van der Waals surface area contributed by atoms with Gasteiger partial charge >= 0.3 is 6.03 Å². The highest BCUT2D eigenvalue weighted by Crippen LogP contribution is 2.20.